The zero-order valence-corrected chi connectivity index (χ0v) is 14.0. The lowest BCUT2D eigenvalue weighted by Crippen LogP contribution is -2.50. The Hall–Kier alpha value is -0.820. The van der Waals surface area contributed by atoms with Crippen molar-refractivity contribution in [2.45, 2.75) is 26.1 Å². The van der Waals surface area contributed by atoms with Crippen molar-refractivity contribution >= 4 is 11.6 Å². The van der Waals surface area contributed by atoms with E-state index in [4.69, 9.17) is 11.6 Å². The topological polar surface area (TPSA) is 35.5 Å². The van der Waals surface area contributed by atoms with Crippen LogP contribution in [0.4, 0.5) is 13.2 Å². The number of hydrogen-bond acceptors (Lipinski definition) is 3. The molecule has 1 heterocycles. The Morgan fingerprint density at radius 1 is 1.26 bits per heavy atom. The first-order chi connectivity index (χ1) is 10.7. The summed E-state index contributed by atoms with van der Waals surface area (Å²) in [7, 11) is 0. The number of halogens is 4. The maximum atomic E-state index is 13.5. The van der Waals surface area contributed by atoms with Gasteiger partial charge in [0.05, 0.1) is 5.56 Å². The summed E-state index contributed by atoms with van der Waals surface area (Å²) in [6, 6.07) is 3.35. The largest absolute Gasteiger partial charge is 0.416 e. The normalized spacial score (nSPS) is 18.9. The van der Waals surface area contributed by atoms with Gasteiger partial charge in [-0.15, -0.1) is 0 Å². The number of rotatable bonds is 4. The van der Waals surface area contributed by atoms with Crippen molar-refractivity contribution in [1.29, 1.82) is 0 Å². The first kappa shape index (κ1) is 18.5. The molecule has 0 radical (unpaired) electrons. The highest BCUT2D eigenvalue weighted by molar-refractivity contribution is 6.30. The van der Waals surface area contributed by atoms with Gasteiger partial charge in [0.1, 0.15) is 0 Å². The van der Waals surface area contributed by atoms with Crippen LogP contribution in [-0.4, -0.2) is 42.8 Å². The SMILES string of the molecule is CC(C)(CO)[C@H](c1ccc(Cl)cc1C(F)(F)F)N1CCNCC1. The van der Waals surface area contributed by atoms with Crippen LogP contribution < -0.4 is 5.32 Å². The van der Waals surface area contributed by atoms with Crippen LogP contribution in [0.3, 0.4) is 0 Å². The van der Waals surface area contributed by atoms with E-state index >= 15 is 0 Å². The lowest BCUT2D eigenvalue weighted by atomic mass is 9.78. The van der Waals surface area contributed by atoms with Crippen molar-refractivity contribution in [2.24, 2.45) is 5.41 Å². The van der Waals surface area contributed by atoms with Gasteiger partial charge in [0.15, 0.2) is 0 Å². The van der Waals surface area contributed by atoms with Gasteiger partial charge in [-0.3, -0.25) is 4.90 Å². The lowest BCUT2D eigenvalue weighted by Gasteiger charge is -2.44. The molecule has 1 atom stereocenters. The van der Waals surface area contributed by atoms with Gasteiger partial charge >= 0.3 is 6.18 Å². The fourth-order valence-electron chi connectivity index (χ4n) is 3.15. The summed E-state index contributed by atoms with van der Waals surface area (Å²) >= 11 is 5.79. The van der Waals surface area contributed by atoms with Gasteiger partial charge < -0.3 is 10.4 Å². The number of piperazine rings is 1. The summed E-state index contributed by atoms with van der Waals surface area (Å²) < 4.78 is 40.5. The molecule has 1 aliphatic heterocycles. The standard InChI is InChI=1S/C16H22ClF3N2O/c1-15(2,10-23)14(22-7-5-21-6-8-22)12-4-3-11(17)9-13(12)16(18,19)20/h3-4,9,14,21,23H,5-8,10H2,1-2H3/t14-/m0/s1. The molecule has 1 saturated heterocycles. The number of nitrogens with zero attached hydrogens (tertiary/aromatic N) is 1. The lowest BCUT2D eigenvalue weighted by molar-refractivity contribution is -0.139. The average Bonchev–Trinajstić information content (AvgIpc) is 2.49. The third-order valence-corrected chi connectivity index (χ3v) is 4.51. The van der Waals surface area contributed by atoms with Crippen LogP contribution in [0.5, 0.6) is 0 Å². The van der Waals surface area contributed by atoms with Crippen molar-refractivity contribution in [1.82, 2.24) is 10.2 Å². The van der Waals surface area contributed by atoms with Crippen molar-refractivity contribution < 1.29 is 18.3 Å². The van der Waals surface area contributed by atoms with E-state index in [1.54, 1.807) is 13.8 Å². The van der Waals surface area contributed by atoms with Crippen LogP contribution in [0.25, 0.3) is 0 Å². The number of benzene rings is 1. The van der Waals surface area contributed by atoms with Crippen LogP contribution >= 0.6 is 11.6 Å². The van der Waals surface area contributed by atoms with Crippen LogP contribution in [-0.2, 0) is 6.18 Å². The molecule has 23 heavy (non-hydrogen) atoms. The number of aliphatic hydroxyl groups excluding tert-OH is 1. The molecule has 7 heteroatoms. The molecule has 2 rings (SSSR count). The summed E-state index contributed by atoms with van der Waals surface area (Å²) in [5, 5.41) is 13.0. The summed E-state index contributed by atoms with van der Waals surface area (Å²) in [5.74, 6) is 0. The summed E-state index contributed by atoms with van der Waals surface area (Å²) in [4.78, 5) is 2.01. The maximum absolute atomic E-state index is 13.5. The van der Waals surface area contributed by atoms with Crippen LogP contribution in [0.2, 0.25) is 5.02 Å². The van der Waals surface area contributed by atoms with Gasteiger partial charge in [-0.05, 0) is 17.7 Å². The van der Waals surface area contributed by atoms with Gasteiger partial charge in [0, 0.05) is 49.3 Å². The monoisotopic (exact) mass is 350 g/mol. The predicted molar refractivity (Wildman–Crippen MR) is 84.5 cm³/mol. The predicted octanol–water partition coefficient (Wildman–Crippen LogP) is 3.32. The molecule has 0 saturated carbocycles. The molecule has 0 unspecified atom stereocenters. The Balaban J connectivity index is 2.55. The number of alkyl halides is 3. The minimum absolute atomic E-state index is 0.0574. The second kappa shape index (κ2) is 6.97. The van der Waals surface area contributed by atoms with Crippen molar-refractivity contribution in [3.8, 4) is 0 Å². The molecule has 1 aliphatic rings. The summed E-state index contributed by atoms with van der Waals surface area (Å²) in [5.41, 5.74) is -1.27. The molecule has 2 N–H and O–H groups in total. The molecule has 0 aromatic heterocycles. The third-order valence-electron chi connectivity index (χ3n) is 4.28. The molecular weight excluding hydrogens is 329 g/mol. The number of aliphatic hydroxyl groups is 1. The van der Waals surface area contributed by atoms with Crippen molar-refractivity contribution in [3.63, 3.8) is 0 Å². The van der Waals surface area contributed by atoms with Crippen molar-refractivity contribution in [3.05, 3.63) is 34.3 Å². The van der Waals surface area contributed by atoms with E-state index < -0.39 is 23.2 Å². The Morgan fingerprint density at radius 3 is 2.39 bits per heavy atom. The molecule has 0 aliphatic carbocycles. The number of nitrogens with one attached hydrogen (secondary N) is 1. The molecular formula is C16H22ClF3N2O. The Bertz CT molecular complexity index is 543. The van der Waals surface area contributed by atoms with E-state index in [1.165, 1.54) is 12.1 Å². The second-order valence-electron chi connectivity index (χ2n) is 6.56. The fraction of sp³-hybridized carbons (Fsp3) is 0.625. The quantitative estimate of drug-likeness (QED) is 0.874. The molecule has 0 amide bonds. The molecule has 130 valence electrons. The van der Waals surface area contributed by atoms with Crippen molar-refractivity contribution in [2.75, 3.05) is 32.8 Å². The van der Waals surface area contributed by atoms with Gasteiger partial charge in [-0.2, -0.15) is 13.2 Å². The average molecular weight is 351 g/mol. The summed E-state index contributed by atoms with van der Waals surface area (Å²) in [6.07, 6.45) is -4.49. The highest BCUT2D eigenvalue weighted by atomic mass is 35.5. The van der Waals surface area contributed by atoms with Crippen LogP contribution in [0.1, 0.15) is 31.0 Å². The zero-order valence-electron chi connectivity index (χ0n) is 13.3. The van der Waals surface area contributed by atoms with Gasteiger partial charge in [-0.1, -0.05) is 31.5 Å². The molecule has 3 nitrogen and oxygen atoms in total. The smallest absolute Gasteiger partial charge is 0.396 e. The minimum atomic E-state index is -4.49. The minimum Gasteiger partial charge on any atom is -0.396 e. The molecule has 1 fully saturated rings. The van der Waals surface area contributed by atoms with E-state index in [-0.39, 0.29) is 17.2 Å². The highest BCUT2D eigenvalue weighted by Crippen LogP contribution is 2.44. The fourth-order valence-corrected chi connectivity index (χ4v) is 3.32. The first-order valence-electron chi connectivity index (χ1n) is 7.59. The molecule has 1 aromatic rings. The molecule has 0 spiro atoms. The van der Waals surface area contributed by atoms with E-state index in [0.717, 1.165) is 6.07 Å². The van der Waals surface area contributed by atoms with E-state index in [0.29, 0.717) is 26.2 Å². The Labute approximate surface area is 139 Å². The Morgan fingerprint density at radius 2 is 1.87 bits per heavy atom. The van der Waals surface area contributed by atoms with Gasteiger partial charge in [0.2, 0.25) is 0 Å². The second-order valence-corrected chi connectivity index (χ2v) is 7.00. The first-order valence-corrected chi connectivity index (χ1v) is 7.97. The zero-order chi connectivity index (χ0) is 17.3. The number of hydrogen-bond donors (Lipinski definition) is 2. The molecule has 1 aromatic carbocycles. The van der Waals surface area contributed by atoms with E-state index in [2.05, 4.69) is 5.32 Å². The van der Waals surface area contributed by atoms with E-state index in [1.807, 2.05) is 4.90 Å². The van der Waals surface area contributed by atoms with E-state index in [9.17, 15) is 18.3 Å². The maximum Gasteiger partial charge on any atom is 0.416 e. The third kappa shape index (κ3) is 4.18. The van der Waals surface area contributed by atoms with Crippen LogP contribution in [0.15, 0.2) is 18.2 Å². The van der Waals surface area contributed by atoms with Gasteiger partial charge in [-0.25, -0.2) is 0 Å². The summed E-state index contributed by atoms with van der Waals surface area (Å²) in [6.45, 7) is 6.06. The van der Waals surface area contributed by atoms with Crippen LogP contribution in [0, 0.1) is 5.41 Å². The molecule has 0 bridgehead atoms. The highest BCUT2D eigenvalue weighted by Gasteiger charge is 2.42. The Kier molecular flexibility index (Phi) is 5.61. The van der Waals surface area contributed by atoms with Gasteiger partial charge in [0.25, 0.3) is 0 Å².